The van der Waals surface area contributed by atoms with E-state index in [2.05, 4.69) is 5.32 Å². The van der Waals surface area contributed by atoms with Crippen molar-refractivity contribution in [3.63, 3.8) is 0 Å². The lowest BCUT2D eigenvalue weighted by molar-refractivity contribution is -0.116. The molecule has 0 atom stereocenters. The van der Waals surface area contributed by atoms with Crippen molar-refractivity contribution in [2.75, 3.05) is 18.2 Å². The van der Waals surface area contributed by atoms with E-state index in [4.69, 9.17) is 5.11 Å². The molecule has 4 heteroatoms. The van der Waals surface area contributed by atoms with Gasteiger partial charge >= 0.3 is 0 Å². The molecule has 0 heterocycles. The standard InChI is InChI=1S/C12H17NO2S/c1-16-11-7-5-10(6-8-11)13-12(15)4-2-3-9-14/h5-8,14H,2-4,9H2,1H3,(H,13,15). The highest BCUT2D eigenvalue weighted by Gasteiger charge is 2.01. The van der Waals surface area contributed by atoms with E-state index in [9.17, 15) is 4.79 Å². The number of anilines is 1. The number of carbonyl (C=O) groups excluding carboxylic acids is 1. The summed E-state index contributed by atoms with van der Waals surface area (Å²) in [5.41, 5.74) is 0.826. The lowest BCUT2D eigenvalue weighted by Gasteiger charge is -2.05. The minimum atomic E-state index is 0.00496. The van der Waals surface area contributed by atoms with Crippen LogP contribution in [0.25, 0.3) is 0 Å². The van der Waals surface area contributed by atoms with Crippen molar-refractivity contribution < 1.29 is 9.90 Å². The Morgan fingerprint density at radius 3 is 2.56 bits per heavy atom. The van der Waals surface area contributed by atoms with Crippen LogP contribution in [0.3, 0.4) is 0 Å². The van der Waals surface area contributed by atoms with Crippen LogP contribution < -0.4 is 5.32 Å². The number of unbranched alkanes of at least 4 members (excludes halogenated alkanes) is 1. The van der Waals surface area contributed by atoms with Gasteiger partial charge in [0.1, 0.15) is 0 Å². The highest BCUT2D eigenvalue weighted by molar-refractivity contribution is 7.98. The molecule has 16 heavy (non-hydrogen) atoms. The first-order valence-corrected chi connectivity index (χ1v) is 6.53. The van der Waals surface area contributed by atoms with Gasteiger partial charge in [-0.05, 0) is 43.4 Å². The van der Waals surface area contributed by atoms with Crippen LogP contribution >= 0.6 is 11.8 Å². The second kappa shape index (κ2) is 7.30. The molecule has 0 fully saturated rings. The Bertz CT molecular complexity index is 324. The van der Waals surface area contributed by atoms with Gasteiger partial charge in [-0.2, -0.15) is 0 Å². The summed E-state index contributed by atoms with van der Waals surface area (Å²) in [5.74, 6) is 0.00496. The molecule has 0 radical (unpaired) electrons. The van der Waals surface area contributed by atoms with Crippen LogP contribution in [0.2, 0.25) is 0 Å². The van der Waals surface area contributed by atoms with Crippen molar-refractivity contribution in [2.45, 2.75) is 24.2 Å². The molecule has 1 amide bonds. The molecule has 0 aromatic heterocycles. The van der Waals surface area contributed by atoms with Crippen LogP contribution in [0.4, 0.5) is 5.69 Å². The Morgan fingerprint density at radius 1 is 1.31 bits per heavy atom. The molecule has 0 aliphatic rings. The van der Waals surface area contributed by atoms with Crippen LogP contribution in [0.5, 0.6) is 0 Å². The summed E-state index contributed by atoms with van der Waals surface area (Å²) >= 11 is 1.67. The summed E-state index contributed by atoms with van der Waals surface area (Å²) in [7, 11) is 0. The fourth-order valence-corrected chi connectivity index (χ4v) is 1.70. The Morgan fingerprint density at radius 2 is 2.00 bits per heavy atom. The molecule has 1 aromatic carbocycles. The Labute approximate surface area is 100 Å². The molecule has 0 saturated carbocycles. The van der Waals surface area contributed by atoms with Gasteiger partial charge in [-0.25, -0.2) is 0 Å². The average molecular weight is 239 g/mol. The maximum atomic E-state index is 11.4. The van der Waals surface area contributed by atoms with E-state index < -0.39 is 0 Å². The second-order valence-corrected chi connectivity index (χ2v) is 4.34. The third-order valence-corrected chi connectivity index (χ3v) is 2.93. The monoisotopic (exact) mass is 239 g/mol. The van der Waals surface area contributed by atoms with E-state index in [-0.39, 0.29) is 12.5 Å². The molecular weight excluding hydrogens is 222 g/mol. The third kappa shape index (κ3) is 4.68. The van der Waals surface area contributed by atoms with Crippen LogP contribution in [0, 0.1) is 0 Å². The molecule has 0 saturated heterocycles. The first kappa shape index (κ1) is 13.1. The fourth-order valence-electron chi connectivity index (χ4n) is 1.30. The summed E-state index contributed by atoms with van der Waals surface area (Å²) < 4.78 is 0. The number of thioether (sulfide) groups is 1. The minimum absolute atomic E-state index is 0.00496. The zero-order valence-corrected chi connectivity index (χ0v) is 10.2. The first-order valence-electron chi connectivity index (χ1n) is 5.31. The predicted octanol–water partition coefficient (Wildman–Crippen LogP) is 2.51. The summed E-state index contributed by atoms with van der Waals surface area (Å²) in [4.78, 5) is 12.6. The number of nitrogens with one attached hydrogen (secondary N) is 1. The number of rotatable bonds is 6. The van der Waals surface area contributed by atoms with Crippen molar-refractivity contribution >= 4 is 23.4 Å². The number of aliphatic hydroxyl groups excluding tert-OH is 1. The Balaban J connectivity index is 2.37. The highest BCUT2D eigenvalue weighted by Crippen LogP contribution is 2.17. The largest absolute Gasteiger partial charge is 0.396 e. The van der Waals surface area contributed by atoms with E-state index in [1.165, 1.54) is 4.90 Å². The van der Waals surface area contributed by atoms with Crippen molar-refractivity contribution in [1.29, 1.82) is 0 Å². The van der Waals surface area contributed by atoms with Crippen LogP contribution in [-0.2, 0) is 4.79 Å². The summed E-state index contributed by atoms with van der Waals surface area (Å²) in [6.45, 7) is 0.149. The molecule has 1 aromatic rings. The van der Waals surface area contributed by atoms with Crippen molar-refractivity contribution in [1.82, 2.24) is 0 Å². The van der Waals surface area contributed by atoms with E-state index >= 15 is 0 Å². The fraction of sp³-hybridized carbons (Fsp3) is 0.417. The zero-order chi connectivity index (χ0) is 11.8. The normalized spacial score (nSPS) is 10.1. The van der Waals surface area contributed by atoms with E-state index in [1.807, 2.05) is 30.5 Å². The third-order valence-electron chi connectivity index (χ3n) is 2.19. The molecule has 2 N–H and O–H groups in total. The van der Waals surface area contributed by atoms with Gasteiger partial charge in [-0.1, -0.05) is 0 Å². The van der Waals surface area contributed by atoms with Gasteiger partial charge in [-0.15, -0.1) is 11.8 Å². The summed E-state index contributed by atoms with van der Waals surface area (Å²) in [5, 5.41) is 11.4. The number of carbonyl (C=O) groups is 1. The number of aliphatic hydroxyl groups is 1. The van der Waals surface area contributed by atoms with Crippen LogP contribution in [0.15, 0.2) is 29.2 Å². The quantitative estimate of drug-likeness (QED) is 0.592. The lowest BCUT2D eigenvalue weighted by Crippen LogP contribution is -2.11. The first-order chi connectivity index (χ1) is 7.76. The van der Waals surface area contributed by atoms with Crippen molar-refractivity contribution in [3.8, 4) is 0 Å². The van der Waals surface area contributed by atoms with Crippen molar-refractivity contribution in [3.05, 3.63) is 24.3 Å². The molecule has 3 nitrogen and oxygen atoms in total. The van der Waals surface area contributed by atoms with Crippen molar-refractivity contribution in [2.24, 2.45) is 0 Å². The summed E-state index contributed by atoms with van der Waals surface area (Å²) in [6.07, 6.45) is 3.89. The van der Waals surface area contributed by atoms with Gasteiger partial charge in [-0.3, -0.25) is 4.79 Å². The molecule has 0 aliphatic heterocycles. The van der Waals surface area contributed by atoms with Gasteiger partial charge in [0, 0.05) is 23.6 Å². The molecule has 0 spiro atoms. The van der Waals surface area contributed by atoms with Crippen LogP contribution in [0.1, 0.15) is 19.3 Å². The zero-order valence-electron chi connectivity index (χ0n) is 9.40. The Kier molecular flexibility index (Phi) is 5.96. The van der Waals surface area contributed by atoms with E-state index in [0.717, 1.165) is 12.1 Å². The molecule has 88 valence electrons. The number of hydrogen-bond acceptors (Lipinski definition) is 3. The van der Waals surface area contributed by atoms with Gasteiger partial charge in [0.25, 0.3) is 0 Å². The molecular formula is C12H17NO2S. The maximum Gasteiger partial charge on any atom is 0.224 e. The van der Waals surface area contributed by atoms with E-state index in [1.54, 1.807) is 11.8 Å². The number of benzene rings is 1. The van der Waals surface area contributed by atoms with Gasteiger partial charge in [0.05, 0.1) is 0 Å². The summed E-state index contributed by atoms with van der Waals surface area (Å²) in [6, 6.07) is 7.76. The van der Waals surface area contributed by atoms with Gasteiger partial charge in [0.2, 0.25) is 5.91 Å². The average Bonchev–Trinajstić information content (AvgIpc) is 2.30. The smallest absolute Gasteiger partial charge is 0.224 e. The maximum absolute atomic E-state index is 11.4. The molecule has 0 aliphatic carbocycles. The van der Waals surface area contributed by atoms with E-state index in [0.29, 0.717) is 12.8 Å². The highest BCUT2D eigenvalue weighted by atomic mass is 32.2. The molecule has 0 bridgehead atoms. The van der Waals surface area contributed by atoms with Crippen LogP contribution in [-0.4, -0.2) is 23.9 Å². The second-order valence-electron chi connectivity index (χ2n) is 3.46. The molecule has 1 rings (SSSR count). The molecule has 0 unspecified atom stereocenters. The number of amides is 1. The lowest BCUT2D eigenvalue weighted by atomic mass is 10.2. The Hall–Kier alpha value is -1.00. The topological polar surface area (TPSA) is 49.3 Å². The number of hydrogen-bond donors (Lipinski definition) is 2. The SMILES string of the molecule is CSc1ccc(NC(=O)CCCCO)cc1. The van der Waals surface area contributed by atoms with Gasteiger partial charge < -0.3 is 10.4 Å². The van der Waals surface area contributed by atoms with Gasteiger partial charge in [0.15, 0.2) is 0 Å². The predicted molar refractivity (Wildman–Crippen MR) is 67.8 cm³/mol. The minimum Gasteiger partial charge on any atom is -0.396 e.